The molecule has 0 spiro atoms. The summed E-state index contributed by atoms with van der Waals surface area (Å²) in [6.07, 6.45) is 5.82. The van der Waals surface area contributed by atoms with E-state index < -0.39 is 0 Å². The number of piperidine rings is 2. The molecular weight excluding hydrogens is 296 g/mol. The van der Waals surface area contributed by atoms with Crippen LogP contribution in [-0.2, 0) is 16.6 Å². The van der Waals surface area contributed by atoms with Crippen LogP contribution in [0.3, 0.4) is 0 Å². The van der Waals surface area contributed by atoms with Crippen LogP contribution in [0.1, 0.15) is 42.4 Å². The Hall–Kier alpha value is -1.35. The molecule has 2 saturated heterocycles. The van der Waals surface area contributed by atoms with E-state index in [-0.39, 0.29) is 0 Å². The highest BCUT2D eigenvalue weighted by Crippen LogP contribution is 2.53. The fraction of sp³-hybridized carbons (Fsp3) is 0.667. The zero-order chi connectivity index (χ0) is 16.5. The molecule has 2 heterocycles. The summed E-state index contributed by atoms with van der Waals surface area (Å²) in [5.74, 6) is 1.41. The number of nitrogens with zero attached hydrogens (tertiary/aromatic N) is 2. The number of fused-ring (bicyclic) bond motifs is 1. The number of amides is 1. The molecule has 3 heteroatoms. The Morgan fingerprint density at radius 2 is 2.00 bits per heavy atom. The summed E-state index contributed by atoms with van der Waals surface area (Å²) in [7, 11) is 2.29. The van der Waals surface area contributed by atoms with Crippen molar-refractivity contribution in [2.45, 2.75) is 50.5 Å². The standard InChI is InChI=1S/C21H28N2O/c1-14-3-4-16-12-19-18-13-23(20(24)15-5-6-15)10-8-21(18,17(16)11-14)7-9-22(19)2/h3-4,11,15,18-19H,5-10,12-13H2,1-2H3/t18-,19+,21+/m0/s1. The molecule has 3 nitrogen and oxygen atoms in total. The van der Waals surface area contributed by atoms with Crippen LogP contribution in [0, 0.1) is 18.8 Å². The van der Waals surface area contributed by atoms with E-state index in [0.717, 1.165) is 38.8 Å². The molecule has 1 aromatic rings. The van der Waals surface area contributed by atoms with E-state index in [1.54, 1.807) is 11.1 Å². The molecule has 5 rings (SSSR count). The van der Waals surface area contributed by atoms with Crippen LogP contribution in [0.2, 0.25) is 0 Å². The maximum absolute atomic E-state index is 12.6. The van der Waals surface area contributed by atoms with Crippen LogP contribution in [0.4, 0.5) is 0 Å². The van der Waals surface area contributed by atoms with Gasteiger partial charge in [-0.2, -0.15) is 0 Å². The van der Waals surface area contributed by atoms with Gasteiger partial charge in [-0.15, -0.1) is 0 Å². The summed E-state index contributed by atoms with van der Waals surface area (Å²) in [6, 6.07) is 7.71. The maximum Gasteiger partial charge on any atom is 0.225 e. The van der Waals surface area contributed by atoms with Crippen molar-refractivity contribution in [3.63, 3.8) is 0 Å². The average Bonchev–Trinajstić information content (AvgIpc) is 3.42. The predicted molar refractivity (Wildman–Crippen MR) is 95.0 cm³/mol. The summed E-state index contributed by atoms with van der Waals surface area (Å²) >= 11 is 0. The lowest BCUT2D eigenvalue weighted by Crippen LogP contribution is -2.65. The molecule has 1 saturated carbocycles. The number of hydrogen-bond donors (Lipinski definition) is 0. The van der Waals surface area contributed by atoms with E-state index >= 15 is 0 Å². The third-order valence-electron chi connectivity index (χ3n) is 7.37. The number of hydrogen-bond acceptors (Lipinski definition) is 2. The Morgan fingerprint density at radius 3 is 2.79 bits per heavy atom. The lowest BCUT2D eigenvalue weighted by molar-refractivity contribution is -0.138. The van der Waals surface area contributed by atoms with Crippen molar-refractivity contribution in [1.29, 1.82) is 0 Å². The van der Waals surface area contributed by atoms with E-state index in [9.17, 15) is 4.79 Å². The van der Waals surface area contributed by atoms with Crippen molar-refractivity contribution in [3.8, 4) is 0 Å². The van der Waals surface area contributed by atoms with Crippen molar-refractivity contribution >= 4 is 5.91 Å². The third-order valence-corrected chi connectivity index (χ3v) is 7.37. The van der Waals surface area contributed by atoms with Gasteiger partial charge in [0.2, 0.25) is 5.91 Å². The van der Waals surface area contributed by atoms with Crippen LogP contribution in [-0.4, -0.2) is 48.4 Å². The van der Waals surface area contributed by atoms with Crippen molar-refractivity contribution < 1.29 is 4.79 Å². The number of benzene rings is 1. The Bertz CT molecular complexity index is 695. The van der Waals surface area contributed by atoms with E-state index in [1.807, 2.05) is 0 Å². The van der Waals surface area contributed by atoms with E-state index in [0.29, 0.717) is 29.2 Å². The van der Waals surface area contributed by atoms with Crippen LogP contribution in [0.15, 0.2) is 18.2 Å². The molecule has 0 radical (unpaired) electrons. The van der Waals surface area contributed by atoms with E-state index in [1.165, 1.54) is 18.5 Å². The largest absolute Gasteiger partial charge is 0.342 e. The molecule has 128 valence electrons. The first-order valence-electron chi connectivity index (χ1n) is 9.67. The molecule has 3 fully saturated rings. The Kier molecular flexibility index (Phi) is 3.16. The summed E-state index contributed by atoms with van der Waals surface area (Å²) in [4.78, 5) is 17.4. The Morgan fingerprint density at radius 1 is 1.21 bits per heavy atom. The topological polar surface area (TPSA) is 23.6 Å². The monoisotopic (exact) mass is 324 g/mol. The van der Waals surface area contributed by atoms with Gasteiger partial charge in [0.05, 0.1) is 0 Å². The number of likely N-dealkylation sites (tertiary alicyclic amines) is 2. The quantitative estimate of drug-likeness (QED) is 0.793. The fourth-order valence-electron chi connectivity index (χ4n) is 5.79. The molecule has 3 atom stereocenters. The molecule has 0 aromatic heterocycles. The molecule has 2 aliphatic heterocycles. The van der Waals surface area contributed by atoms with Gasteiger partial charge in [0, 0.05) is 36.4 Å². The van der Waals surface area contributed by atoms with Gasteiger partial charge in [-0.3, -0.25) is 4.79 Å². The second-order valence-electron chi connectivity index (χ2n) is 8.73. The molecule has 0 N–H and O–H groups in total. The lowest BCUT2D eigenvalue weighted by atomic mass is 9.54. The summed E-state index contributed by atoms with van der Waals surface area (Å²) < 4.78 is 0. The first kappa shape index (κ1) is 14.9. The number of aryl methyl sites for hydroxylation is 1. The maximum atomic E-state index is 12.6. The molecule has 1 amide bonds. The van der Waals surface area contributed by atoms with Crippen molar-refractivity contribution in [3.05, 3.63) is 34.9 Å². The third kappa shape index (κ3) is 2.03. The van der Waals surface area contributed by atoms with Crippen LogP contribution in [0.25, 0.3) is 0 Å². The van der Waals surface area contributed by atoms with Gasteiger partial charge in [-0.05, 0) is 63.7 Å². The second kappa shape index (κ2) is 5.08. The van der Waals surface area contributed by atoms with Gasteiger partial charge in [-0.25, -0.2) is 0 Å². The van der Waals surface area contributed by atoms with E-state index in [4.69, 9.17) is 0 Å². The molecule has 2 bridgehead atoms. The van der Waals surface area contributed by atoms with Gasteiger partial charge in [0.25, 0.3) is 0 Å². The molecule has 0 unspecified atom stereocenters. The minimum absolute atomic E-state index is 0.317. The van der Waals surface area contributed by atoms with Gasteiger partial charge in [0.15, 0.2) is 0 Å². The average molecular weight is 324 g/mol. The highest BCUT2D eigenvalue weighted by molar-refractivity contribution is 5.81. The lowest BCUT2D eigenvalue weighted by Gasteiger charge is -2.60. The molecule has 24 heavy (non-hydrogen) atoms. The smallest absolute Gasteiger partial charge is 0.225 e. The van der Waals surface area contributed by atoms with Crippen LogP contribution in [0.5, 0.6) is 0 Å². The predicted octanol–water partition coefficient (Wildman–Crippen LogP) is 2.75. The highest BCUT2D eigenvalue weighted by atomic mass is 16.2. The first-order chi connectivity index (χ1) is 11.6. The number of carbonyl (C=O) groups is 1. The first-order valence-corrected chi connectivity index (χ1v) is 9.67. The Balaban J connectivity index is 1.55. The summed E-state index contributed by atoms with van der Waals surface area (Å²) in [5.41, 5.74) is 4.89. The van der Waals surface area contributed by atoms with Gasteiger partial charge in [-0.1, -0.05) is 23.8 Å². The number of carbonyl (C=O) groups excluding carboxylic acids is 1. The molecule has 1 aromatic carbocycles. The zero-order valence-electron chi connectivity index (χ0n) is 14.9. The normalized spacial score (nSPS) is 35.3. The van der Waals surface area contributed by atoms with Crippen molar-refractivity contribution in [1.82, 2.24) is 9.80 Å². The van der Waals surface area contributed by atoms with E-state index in [2.05, 4.69) is 42.0 Å². The molecular formula is C21H28N2O. The van der Waals surface area contributed by atoms with Gasteiger partial charge < -0.3 is 9.80 Å². The highest BCUT2D eigenvalue weighted by Gasteiger charge is 2.55. The van der Waals surface area contributed by atoms with Crippen LogP contribution >= 0.6 is 0 Å². The van der Waals surface area contributed by atoms with Gasteiger partial charge in [0.1, 0.15) is 0 Å². The minimum Gasteiger partial charge on any atom is -0.342 e. The minimum atomic E-state index is 0.317. The van der Waals surface area contributed by atoms with Crippen molar-refractivity contribution in [2.75, 3.05) is 26.7 Å². The summed E-state index contributed by atoms with van der Waals surface area (Å²) in [5, 5.41) is 0. The van der Waals surface area contributed by atoms with Gasteiger partial charge >= 0.3 is 0 Å². The molecule has 2 aliphatic carbocycles. The zero-order valence-corrected chi connectivity index (χ0v) is 14.9. The Labute approximate surface area is 145 Å². The number of likely N-dealkylation sites (N-methyl/N-ethyl adjacent to an activating group) is 1. The van der Waals surface area contributed by atoms with Crippen LogP contribution < -0.4 is 0 Å². The molecule has 4 aliphatic rings. The fourth-order valence-corrected chi connectivity index (χ4v) is 5.79. The summed E-state index contributed by atoms with van der Waals surface area (Å²) in [6.45, 7) is 5.37. The SMILES string of the molecule is Cc1ccc2c(c1)[C@@]13CCN(C(=O)C4CC4)C[C@H]1[C@@H](C2)N(C)CC3. The second-order valence-corrected chi connectivity index (χ2v) is 8.73. The number of rotatable bonds is 1. The van der Waals surface area contributed by atoms with Crippen molar-refractivity contribution in [2.24, 2.45) is 11.8 Å².